The molecule has 1 aliphatic carbocycles. The van der Waals surface area contributed by atoms with Gasteiger partial charge in [0.25, 0.3) is 0 Å². The van der Waals surface area contributed by atoms with E-state index in [-0.39, 0.29) is 5.82 Å². The van der Waals surface area contributed by atoms with Crippen LogP contribution in [-0.2, 0) is 12.8 Å². The normalized spacial score (nSPS) is 17.3. The summed E-state index contributed by atoms with van der Waals surface area (Å²) in [6.07, 6.45) is 19.2. The number of aryl methyl sites for hydroxylation is 2. The third-order valence-corrected chi connectivity index (χ3v) is 8.66. The van der Waals surface area contributed by atoms with Crippen molar-refractivity contribution < 1.29 is 4.39 Å². The first-order valence-corrected chi connectivity index (χ1v) is 15.5. The number of rotatable bonds is 12. The summed E-state index contributed by atoms with van der Waals surface area (Å²) in [5.41, 5.74) is 4.21. The molecule has 0 unspecified atom stereocenters. The lowest BCUT2D eigenvalue weighted by Gasteiger charge is -2.28. The SMILES string of the molecule is CCCCCCC1CCC(CCc2ccc3cc(C#Cc4ccc(CCCCC)cc4)ccc3c2F)CC1. The number of hydrogen-bond donors (Lipinski definition) is 0. The van der Waals surface area contributed by atoms with Gasteiger partial charge in [-0.2, -0.15) is 0 Å². The molecule has 0 aromatic heterocycles. The Morgan fingerprint density at radius 2 is 1.32 bits per heavy atom. The van der Waals surface area contributed by atoms with E-state index < -0.39 is 0 Å². The van der Waals surface area contributed by atoms with Gasteiger partial charge in [-0.05, 0) is 78.3 Å². The number of hydrogen-bond acceptors (Lipinski definition) is 0. The van der Waals surface area contributed by atoms with Gasteiger partial charge in [-0.25, -0.2) is 4.39 Å². The van der Waals surface area contributed by atoms with Crippen LogP contribution in [0.15, 0.2) is 54.6 Å². The maximum atomic E-state index is 15.4. The van der Waals surface area contributed by atoms with Crippen LogP contribution in [0, 0.1) is 29.5 Å². The van der Waals surface area contributed by atoms with Crippen molar-refractivity contribution in [1.82, 2.24) is 0 Å². The monoisotopic (exact) mass is 510 g/mol. The second kappa shape index (κ2) is 15.1. The van der Waals surface area contributed by atoms with Crippen LogP contribution in [0.1, 0.15) is 120 Å². The fourth-order valence-electron chi connectivity index (χ4n) is 6.11. The van der Waals surface area contributed by atoms with Crippen LogP contribution in [0.4, 0.5) is 4.39 Å². The predicted octanol–water partition coefficient (Wildman–Crippen LogP) is 10.8. The molecule has 0 saturated heterocycles. The molecular weight excluding hydrogens is 463 g/mol. The molecule has 0 amide bonds. The highest BCUT2D eigenvalue weighted by Gasteiger charge is 2.21. The van der Waals surface area contributed by atoms with Crippen LogP contribution in [0.2, 0.25) is 0 Å². The van der Waals surface area contributed by atoms with Gasteiger partial charge in [0.05, 0.1) is 0 Å². The average molecular weight is 511 g/mol. The fraction of sp³-hybridized carbons (Fsp3) is 0.514. The van der Waals surface area contributed by atoms with E-state index in [9.17, 15) is 0 Å². The molecule has 38 heavy (non-hydrogen) atoms. The van der Waals surface area contributed by atoms with Gasteiger partial charge in [-0.15, -0.1) is 0 Å². The van der Waals surface area contributed by atoms with E-state index in [0.717, 1.165) is 58.6 Å². The molecule has 3 aromatic rings. The first-order valence-electron chi connectivity index (χ1n) is 15.5. The van der Waals surface area contributed by atoms with Crippen molar-refractivity contribution in [3.05, 3.63) is 82.7 Å². The lowest BCUT2D eigenvalue weighted by atomic mass is 9.77. The van der Waals surface area contributed by atoms with E-state index in [1.807, 2.05) is 24.3 Å². The lowest BCUT2D eigenvalue weighted by molar-refractivity contribution is 0.248. The third-order valence-electron chi connectivity index (χ3n) is 8.66. The van der Waals surface area contributed by atoms with Gasteiger partial charge in [0.2, 0.25) is 0 Å². The van der Waals surface area contributed by atoms with Crippen LogP contribution in [0.3, 0.4) is 0 Å². The number of halogens is 1. The van der Waals surface area contributed by atoms with Crippen LogP contribution in [-0.4, -0.2) is 0 Å². The summed E-state index contributed by atoms with van der Waals surface area (Å²) in [4.78, 5) is 0. The minimum absolute atomic E-state index is 0.0368. The van der Waals surface area contributed by atoms with Gasteiger partial charge in [0, 0.05) is 16.5 Å². The van der Waals surface area contributed by atoms with Crippen molar-refractivity contribution in [3.63, 3.8) is 0 Å². The van der Waals surface area contributed by atoms with Crippen molar-refractivity contribution in [1.29, 1.82) is 0 Å². The van der Waals surface area contributed by atoms with Crippen LogP contribution in [0.5, 0.6) is 0 Å². The minimum Gasteiger partial charge on any atom is -0.206 e. The zero-order valence-electron chi connectivity index (χ0n) is 23.8. The Kier molecular flexibility index (Phi) is 11.3. The minimum atomic E-state index is -0.0368. The Bertz CT molecular complexity index is 1190. The molecule has 3 aromatic carbocycles. The number of fused-ring (bicyclic) bond motifs is 1. The highest BCUT2D eigenvalue weighted by molar-refractivity contribution is 5.85. The molecule has 0 spiro atoms. The molecule has 0 aliphatic heterocycles. The summed E-state index contributed by atoms with van der Waals surface area (Å²) >= 11 is 0. The molecule has 0 heterocycles. The maximum Gasteiger partial charge on any atom is 0.134 e. The quantitative estimate of drug-likeness (QED) is 0.168. The van der Waals surface area contributed by atoms with Gasteiger partial charge in [0.1, 0.15) is 5.82 Å². The molecule has 0 bridgehead atoms. The second-order valence-corrected chi connectivity index (χ2v) is 11.7. The van der Waals surface area contributed by atoms with Crippen molar-refractivity contribution in [2.45, 2.75) is 110 Å². The van der Waals surface area contributed by atoms with Gasteiger partial charge >= 0.3 is 0 Å². The molecule has 1 saturated carbocycles. The first-order chi connectivity index (χ1) is 18.7. The van der Waals surface area contributed by atoms with Crippen LogP contribution < -0.4 is 0 Å². The largest absolute Gasteiger partial charge is 0.206 e. The highest BCUT2D eigenvalue weighted by atomic mass is 19.1. The summed E-state index contributed by atoms with van der Waals surface area (Å²) in [5, 5.41) is 1.66. The molecule has 0 atom stereocenters. The van der Waals surface area contributed by atoms with Gasteiger partial charge in [0.15, 0.2) is 0 Å². The van der Waals surface area contributed by atoms with Gasteiger partial charge in [-0.3, -0.25) is 0 Å². The first kappa shape index (κ1) is 28.4. The molecule has 1 fully saturated rings. The van der Waals surface area contributed by atoms with E-state index >= 15 is 4.39 Å². The fourth-order valence-corrected chi connectivity index (χ4v) is 6.11. The van der Waals surface area contributed by atoms with Crippen molar-refractivity contribution in [2.75, 3.05) is 0 Å². The average Bonchev–Trinajstić information content (AvgIpc) is 2.95. The maximum absolute atomic E-state index is 15.4. The van der Waals surface area contributed by atoms with Gasteiger partial charge in [-0.1, -0.05) is 127 Å². The molecule has 0 N–H and O–H groups in total. The Morgan fingerprint density at radius 1 is 0.658 bits per heavy atom. The van der Waals surface area contributed by atoms with Crippen molar-refractivity contribution in [2.24, 2.45) is 11.8 Å². The zero-order valence-corrected chi connectivity index (χ0v) is 23.8. The molecule has 0 nitrogen and oxygen atoms in total. The topological polar surface area (TPSA) is 0 Å². The Morgan fingerprint density at radius 3 is 2.05 bits per heavy atom. The standard InChI is InChI=1S/C37H47F/c1-3-5-7-9-11-30-14-18-32(19-15-30)22-24-34-25-26-35-28-33(23-27-36(35)37(34)38)21-20-31-16-12-29(13-17-31)10-8-6-4-2/h12-13,16-17,23,25-28,30,32H,3-11,14-15,18-19,22,24H2,1-2H3. The Hall–Kier alpha value is -2.59. The van der Waals surface area contributed by atoms with Gasteiger partial charge < -0.3 is 0 Å². The van der Waals surface area contributed by atoms with E-state index in [4.69, 9.17) is 0 Å². The summed E-state index contributed by atoms with van der Waals surface area (Å²) in [6, 6.07) is 18.6. The molecular formula is C37H47F. The summed E-state index contributed by atoms with van der Waals surface area (Å²) in [7, 11) is 0. The van der Waals surface area contributed by atoms with Crippen molar-refractivity contribution >= 4 is 10.8 Å². The van der Waals surface area contributed by atoms with Crippen LogP contribution in [0.25, 0.3) is 10.8 Å². The molecule has 1 heteroatoms. The Balaban J connectivity index is 1.30. The zero-order chi connectivity index (χ0) is 26.6. The lowest BCUT2D eigenvalue weighted by Crippen LogP contribution is -2.15. The van der Waals surface area contributed by atoms with E-state index in [1.54, 1.807) is 0 Å². The molecule has 1 aliphatic rings. The van der Waals surface area contributed by atoms with Crippen LogP contribution >= 0.6 is 0 Å². The number of unbranched alkanes of at least 4 members (excludes halogenated alkanes) is 5. The summed E-state index contributed by atoms with van der Waals surface area (Å²) in [5.74, 6) is 8.22. The predicted molar refractivity (Wildman–Crippen MR) is 162 cm³/mol. The van der Waals surface area contributed by atoms with E-state index in [0.29, 0.717) is 0 Å². The van der Waals surface area contributed by atoms with E-state index in [1.165, 1.54) is 82.6 Å². The summed E-state index contributed by atoms with van der Waals surface area (Å²) in [6.45, 7) is 4.52. The summed E-state index contributed by atoms with van der Waals surface area (Å²) < 4.78 is 15.4. The van der Waals surface area contributed by atoms with E-state index in [2.05, 4.69) is 56.0 Å². The third kappa shape index (κ3) is 8.46. The molecule has 4 rings (SSSR count). The highest BCUT2D eigenvalue weighted by Crippen LogP contribution is 2.35. The molecule has 202 valence electrons. The number of benzene rings is 3. The Labute approximate surface area is 231 Å². The van der Waals surface area contributed by atoms with Crippen molar-refractivity contribution in [3.8, 4) is 11.8 Å². The second-order valence-electron chi connectivity index (χ2n) is 11.7. The smallest absolute Gasteiger partial charge is 0.134 e. The molecule has 0 radical (unpaired) electrons.